The van der Waals surface area contributed by atoms with E-state index >= 15 is 0 Å². The van der Waals surface area contributed by atoms with Gasteiger partial charge in [0.2, 0.25) is 0 Å². The molecule has 0 aromatic carbocycles. The zero-order valence-electron chi connectivity index (χ0n) is 14.5. The minimum Gasteiger partial charge on any atom is -0.147 e. The minimum absolute atomic E-state index is 0. The van der Waals surface area contributed by atoms with Crippen LogP contribution < -0.4 is 3.26 Å². The SMILES string of the molecule is C[SiH](C)[Zr]([CH3])([CH3])([CH3])(=[SiH2])([NH]C(C)(C)C)[C]1=CC=CC1.Cl.Cl. The van der Waals surface area contributed by atoms with Crippen LogP contribution in [-0.2, 0) is 13.9 Å². The molecule has 0 saturated heterocycles. The summed E-state index contributed by atoms with van der Waals surface area (Å²) in [5, 5.41) is 0. The molecule has 0 fully saturated rings. The van der Waals surface area contributed by atoms with Crippen molar-refractivity contribution in [1.29, 1.82) is 0 Å². The van der Waals surface area contributed by atoms with Crippen LogP contribution in [0.15, 0.2) is 21.5 Å². The monoisotopic (exact) mass is 433 g/mol. The Labute approximate surface area is 135 Å². The standard InChI is InChI=1S/C5H5.C4H10N.C2H7Si.3CH3.2ClH.H2Si.Zr/c1-2-4-5-3-1;1-4(2,3)5;1-3-2;;;;;;;/h1-3H,4H2;5H,1-3H3;3H,1-2H3;3*1H3;2*1H;1H2;/q;-1;;;;;;;;+1. The van der Waals surface area contributed by atoms with Gasteiger partial charge in [0.15, 0.2) is 0 Å². The molecule has 20 heavy (non-hydrogen) atoms. The van der Waals surface area contributed by atoms with Gasteiger partial charge < -0.3 is 0 Å². The molecule has 0 aromatic rings. The molecule has 1 aliphatic carbocycles. The van der Waals surface area contributed by atoms with Gasteiger partial charge in [0.05, 0.1) is 0 Å². The Morgan fingerprint density at radius 2 is 1.60 bits per heavy atom. The van der Waals surface area contributed by atoms with Crippen molar-refractivity contribution in [2.45, 2.75) is 59.7 Å². The average molecular weight is 436 g/mol. The molecular formula is C14H35Cl2NSi2Zr. The molecule has 0 amide bonds. The second-order valence-electron chi connectivity index (χ2n) is 10.8. The van der Waals surface area contributed by atoms with E-state index in [1.54, 1.807) is 3.28 Å². The van der Waals surface area contributed by atoms with Gasteiger partial charge in [-0.2, -0.15) is 0 Å². The molecule has 1 nitrogen and oxygen atoms in total. The molecule has 0 bridgehead atoms. The Hall–Kier alpha value is 1.34. The number of allylic oxidation sites excluding steroid dienone is 4. The third-order valence-electron chi connectivity index (χ3n) is 6.00. The predicted molar refractivity (Wildman–Crippen MR) is 104 cm³/mol. The fraction of sp³-hybridized carbons (Fsp3) is 0.714. The van der Waals surface area contributed by atoms with Crippen LogP contribution in [0.5, 0.6) is 0 Å². The molecule has 0 aromatic heterocycles. The Morgan fingerprint density at radius 3 is 1.85 bits per heavy atom. The van der Waals surface area contributed by atoms with Gasteiger partial charge in [0.25, 0.3) is 0 Å². The first kappa shape index (κ1) is 23.6. The Morgan fingerprint density at radius 1 is 1.15 bits per heavy atom. The summed E-state index contributed by atoms with van der Waals surface area (Å²) in [6, 6.07) is 0. The summed E-state index contributed by atoms with van der Waals surface area (Å²) in [5.41, 5.74) is 0.169. The van der Waals surface area contributed by atoms with Gasteiger partial charge in [-0.25, -0.2) is 0 Å². The molecule has 0 heterocycles. The summed E-state index contributed by atoms with van der Waals surface area (Å²) >= 11 is -3.96. The van der Waals surface area contributed by atoms with Gasteiger partial charge in [0.1, 0.15) is 0 Å². The predicted octanol–water partition coefficient (Wildman–Crippen LogP) is 4.41. The number of halogens is 2. The van der Waals surface area contributed by atoms with E-state index in [0.29, 0.717) is 0 Å². The third-order valence-corrected chi connectivity index (χ3v) is 86.0. The summed E-state index contributed by atoms with van der Waals surface area (Å²) in [4.78, 5) is 0. The van der Waals surface area contributed by atoms with Crippen molar-refractivity contribution in [3.63, 3.8) is 0 Å². The zero-order chi connectivity index (χ0) is 14.6. The van der Waals surface area contributed by atoms with Crippen molar-refractivity contribution in [2.24, 2.45) is 0 Å². The van der Waals surface area contributed by atoms with Crippen molar-refractivity contribution in [3.8, 4) is 0 Å². The van der Waals surface area contributed by atoms with E-state index in [1.165, 1.54) is 0 Å². The first-order valence-corrected chi connectivity index (χ1v) is 30.2. The van der Waals surface area contributed by atoms with Gasteiger partial charge in [-0.3, -0.25) is 0 Å². The maximum Gasteiger partial charge on any atom is -0.147 e. The molecule has 122 valence electrons. The van der Waals surface area contributed by atoms with Crippen molar-refractivity contribution < 1.29 is 13.9 Å². The van der Waals surface area contributed by atoms with Crippen LogP contribution in [0.25, 0.3) is 0 Å². The van der Waals surface area contributed by atoms with Gasteiger partial charge in [0, 0.05) is 0 Å². The molecule has 0 aliphatic heterocycles. The smallest absolute Gasteiger partial charge is 0.147 e. The van der Waals surface area contributed by atoms with Crippen LogP contribution >= 0.6 is 24.8 Å². The van der Waals surface area contributed by atoms with Crippen LogP contribution in [0.3, 0.4) is 0 Å². The molecule has 6 heteroatoms. The van der Waals surface area contributed by atoms with Gasteiger partial charge in [-0.1, -0.05) is 0 Å². The topological polar surface area (TPSA) is 12.0 Å². The Balaban J connectivity index is 0. The molecule has 0 atom stereocenters. The number of hydrogen-bond donors (Lipinski definition) is 1. The van der Waals surface area contributed by atoms with E-state index in [-0.39, 0.29) is 30.4 Å². The maximum absolute atomic E-state index is 4.26. The molecule has 1 N–H and O–H groups in total. The molecule has 0 spiro atoms. The van der Waals surface area contributed by atoms with Crippen molar-refractivity contribution in [3.05, 3.63) is 21.5 Å². The summed E-state index contributed by atoms with van der Waals surface area (Å²) in [5.74, 6) is -0.914. The summed E-state index contributed by atoms with van der Waals surface area (Å²) in [6.07, 6.45) is 8.16. The Bertz CT molecular complexity index is 560. The fourth-order valence-electron chi connectivity index (χ4n) is 3.72. The van der Waals surface area contributed by atoms with Crippen molar-refractivity contribution in [1.82, 2.24) is 3.26 Å². The quantitative estimate of drug-likeness (QED) is 0.647. The Kier molecular flexibility index (Phi) is 5.80. The molecule has 0 saturated carbocycles. The van der Waals surface area contributed by atoms with Crippen LogP contribution in [0.2, 0.25) is 27.0 Å². The molecular weight excluding hydrogens is 400 g/mol. The van der Waals surface area contributed by atoms with Crippen LogP contribution in [0, 0.1) is 0 Å². The summed E-state index contributed by atoms with van der Waals surface area (Å²) < 4.78 is 13.9. The van der Waals surface area contributed by atoms with E-state index in [0.717, 1.165) is 6.42 Å². The van der Waals surface area contributed by atoms with Crippen molar-refractivity contribution >= 4 is 37.6 Å². The van der Waals surface area contributed by atoms with Crippen LogP contribution in [0.4, 0.5) is 0 Å². The van der Waals surface area contributed by atoms with Crippen LogP contribution in [-0.4, -0.2) is 18.3 Å². The van der Waals surface area contributed by atoms with Gasteiger partial charge in [-0.15, -0.1) is 24.8 Å². The van der Waals surface area contributed by atoms with E-state index in [2.05, 4.69) is 76.1 Å². The molecule has 1 rings (SSSR count). The number of rotatable bonds is 3. The zero-order valence-corrected chi connectivity index (χ0v) is 21.2. The van der Waals surface area contributed by atoms with E-state index in [4.69, 9.17) is 0 Å². The second-order valence-corrected chi connectivity index (χ2v) is 92.8. The average Bonchev–Trinajstić information content (AvgIpc) is 2.48. The largest absolute Gasteiger partial charge is 0.147 e. The first-order chi connectivity index (χ1) is 7.54. The third kappa shape index (κ3) is 3.81. The van der Waals surface area contributed by atoms with Gasteiger partial charge >= 0.3 is 111 Å². The fourth-order valence-corrected chi connectivity index (χ4v) is 35.0. The van der Waals surface area contributed by atoms with E-state index in [1.807, 2.05) is 0 Å². The second kappa shape index (κ2) is 4.91. The van der Waals surface area contributed by atoms with E-state index < -0.39 is 19.8 Å². The van der Waals surface area contributed by atoms with E-state index in [9.17, 15) is 0 Å². The molecule has 1 aliphatic rings. The first-order valence-electron chi connectivity index (χ1n) is 7.26. The number of hydrogen-bond acceptors (Lipinski definition) is 1. The van der Waals surface area contributed by atoms with Crippen LogP contribution in [0.1, 0.15) is 27.2 Å². The number of nitrogens with one attached hydrogen (secondary N) is 1. The maximum atomic E-state index is 4.26. The summed E-state index contributed by atoms with van der Waals surface area (Å²) in [6.45, 7) is 14.4. The molecule has 0 unspecified atom stereocenters. The summed E-state index contributed by atoms with van der Waals surface area (Å²) in [7, 11) is 0. The van der Waals surface area contributed by atoms with Gasteiger partial charge in [-0.05, 0) is 0 Å². The molecule has 0 radical (unpaired) electrons. The normalized spacial score (nSPS) is 20.9. The minimum atomic E-state index is -3.96. The van der Waals surface area contributed by atoms with Crippen molar-refractivity contribution in [2.75, 3.05) is 0 Å².